The summed E-state index contributed by atoms with van der Waals surface area (Å²) in [6, 6.07) is 20.7. The predicted octanol–water partition coefficient (Wildman–Crippen LogP) is 7.67. The Morgan fingerprint density at radius 1 is 0.556 bits per heavy atom. The zero-order valence-corrected chi connectivity index (χ0v) is 26.4. The maximum atomic E-state index is 14.1. The first-order valence-corrected chi connectivity index (χ1v) is 14.6. The van der Waals surface area contributed by atoms with E-state index < -0.39 is 119 Å². The van der Waals surface area contributed by atoms with Crippen LogP contribution in [0, 0.1) is 113 Å². The Morgan fingerprint density at radius 2 is 1.09 bits per heavy atom. The highest BCUT2D eigenvalue weighted by Crippen LogP contribution is 2.60. The number of alkyl halides is 6. The second-order valence-corrected chi connectivity index (χ2v) is 11.2. The molecule has 0 N–H and O–H groups in total. The third-order valence-electron chi connectivity index (χ3n) is 8.77. The Balaban J connectivity index is 2.06. The molecule has 2 atom stereocenters. The van der Waals surface area contributed by atoms with Gasteiger partial charge in [-0.25, -0.2) is 0 Å². The topological polar surface area (TPSA) is 238 Å². The summed E-state index contributed by atoms with van der Waals surface area (Å²) in [5.74, 6) is -3.49. The minimum absolute atomic E-state index is 0.380. The lowest BCUT2D eigenvalue weighted by molar-refractivity contribution is -0.138. The Morgan fingerprint density at radius 3 is 1.56 bits per heavy atom. The van der Waals surface area contributed by atoms with E-state index >= 15 is 0 Å². The highest BCUT2D eigenvalue weighted by Gasteiger charge is 2.49. The van der Waals surface area contributed by atoms with Gasteiger partial charge in [0.15, 0.2) is 0 Å². The van der Waals surface area contributed by atoms with Gasteiger partial charge >= 0.3 is 12.4 Å². The first kappa shape index (κ1) is 36.6. The number of benzene rings is 3. The maximum absolute atomic E-state index is 14.1. The molecular formula is C38H8F6N10. The van der Waals surface area contributed by atoms with Gasteiger partial charge in [-0.3, -0.25) is 0 Å². The van der Waals surface area contributed by atoms with Gasteiger partial charge < -0.3 is 0 Å². The fourth-order valence-electron chi connectivity index (χ4n) is 6.78. The molecule has 0 aliphatic heterocycles. The third kappa shape index (κ3) is 5.28. The molecule has 54 heavy (non-hydrogen) atoms. The molecule has 0 fully saturated rings. The van der Waals surface area contributed by atoms with Gasteiger partial charge in [0.2, 0.25) is 0 Å². The molecule has 0 amide bonds. The van der Waals surface area contributed by atoms with Gasteiger partial charge in [0.05, 0.1) is 63.1 Å². The van der Waals surface area contributed by atoms with E-state index in [1.54, 1.807) is 42.5 Å². The molecular weight excluding hydrogens is 710 g/mol. The summed E-state index contributed by atoms with van der Waals surface area (Å²) in [6.07, 6.45) is -10.3. The summed E-state index contributed by atoms with van der Waals surface area (Å²) < 4.78 is 84.7. The monoisotopic (exact) mass is 718 g/mol. The van der Waals surface area contributed by atoms with Crippen molar-refractivity contribution in [3.63, 3.8) is 0 Å². The zero-order chi connectivity index (χ0) is 39.9. The largest absolute Gasteiger partial charge is 0.417 e. The normalized spacial score (nSPS) is 15.3. The van der Waals surface area contributed by atoms with Gasteiger partial charge in [0.25, 0.3) is 0 Å². The number of rotatable bonds is 2. The molecule has 0 aromatic heterocycles. The Labute approximate surface area is 300 Å². The average molecular weight is 719 g/mol. The van der Waals surface area contributed by atoms with E-state index in [9.17, 15) is 79.0 Å². The van der Waals surface area contributed by atoms with Gasteiger partial charge in [-0.1, -0.05) is 12.1 Å². The Bertz CT molecular complexity index is 2790. The fraction of sp³-hybridized carbons (Fsp3) is 0.105. The lowest BCUT2D eigenvalue weighted by Gasteiger charge is -2.19. The first-order valence-electron chi connectivity index (χ1n) is 14.6. The second-order valence-electron chi connectivity index (χ2n) is 11.2. The molecule has 10 nitrogen and oxygen atoms in total. The molecule has 0 spiro atoms. The zero-order valence-electron chi connectivity index (χ0n) is 26.4. The molecule has 2 unspecified atom stereocenters. The fourth-order valence-corrected chi connectivity index (χ4v) is 6.78. The summed E-state index contributed by atoms with van der Waals surface area (Å²) >= 11 is 0. The minimum atomic E-state index is -5.13. The van der Waals surface area contributed by atoms with Crippen LogP contribution in [0.3, 0.4) is 0 Å². The van der Waals surface area contributed by atoms with Crippen LogP contribution in [-0.4, -0.2) is 0 Å². The second kappa shape index (κ2) is 13.2. The van der Waals surface area contributed by atoms with Crippen LogP contribution in [0.15, 0.2) is 47.5 Å². The summed E-state index contributed by atoms with van der Waals surface area (Å²) in [7, 11) is 0. The van der Waals surface area contributed by atoms with Crippen LogP contribution in [-0.2, 0) is 12.4 Å². The van der Waals surface area contributed by atoms with Crippen molar-refractivity contribution in [1.29, 1.82) is 52.6 Å². The molecule has 0 saturated carbocycles. The third-order valence-corrected chi connectivity index (χ3v) is 8.77. The Hall–Kier alpha value is -8.64. The van der Waals surface area contributed by atoms with Crippen LogP contribution in [0.2, 0.25) is 0 Å². The van der Waals surface area contributed by atoms with Gasteiger partial charge in [-0.05, 0) is 46.5 Å². The van der Waals surface area contributed by atoms with Crippen molar-refractivity contribution < 1.29 is 26.3 Å². The van der Waals surface area contributed by atoms with Crippen LogP contribution in [0.1, 0.15) is 78.6 Å². The molecule has 3 aromatic carbocycles. The number of allylic oxidation sites excluding steroid dienone is 6. The number of hydrogen-bond acceptors (Lipinski definition) is 10. The van der Waals surface area contributed by atoms with Crippen LogP contribution in [0.4, 0.5) is 26.3 Å². The van der Waals surface area contributed by atoms with E-state index in [2.05, 4.69) is 0 Å². The molecule has 252 valence electrons. The lowest BCUT2D eigenvalue weighted by atomic mass is 9.81. The van der Waals surface area contributed by atoms with E-state index in [1.807, 2.05) is 6.07 Å². The molecule has 0 heterocycles. The summed E-state index contributed by atoms with van der Waals surface area (Å²) in [5.41, 5.74) is -12.8. The van der Waals surface area contributed by atoms with Crippen LogP contribution < -0.4 is 0 Å². The van der Waals surface area contributed by atoms with E-state index in [1.165, 1.54) is 12.1 Å². The Kier molecular flexibility index (Phi) is 8.98. The summed E-state index contributed by atoms with van der Waals surface area (Å²) in [5, 5.41) is 101. The maximum Gasteiger partial charge on any atom is 0.417 e. The minimum Gasteiger partial charge on any atom is -0.198 e. The van der Waals surface area contributed by atoms with Gasteiger partial charge in [0.1, 0.15) is 53.6 Å². The number of nitrogens with zero attached hydrogens (tertiary/aromatic N) is 10. The lowest BCUT2D eigenvalue weighted by Crippen LogP contribution is -2.12. The van der Waals surface area contributed by atoms with Crippen molar-refractivity contribution in [3.05, 3.63) is 114 Å². The summed E-state index contributed by atoms with van der Waals surface area (Å²) in [4.78, 5) is 0. The van der Waals surface area contributed by atoms with Gasteiger partial charge in [-0.2, -0.15) is 79.0 Å². The molecule has 16 heteroatoms. The van der Waals surface area contributed by atoms with E-state index in [-0.39, 0.29) is 5.56 Å². The molecule has 0 radical (unpaired) electrons. The number of halogens is 6. The van der Waals surface area contributed by atoms with Gasteiger partial charge in [-0.15, -0.1) is 0 Å². The van der Waals surface area contributed by atoms with E-state index in [0.29, 0.717) is 12.1 Å². The number of hydrogen-bond donors (Lipinski definition) is 0. The van der Waals surface area contributed by atoms with Crippen molar-refractivity contribution >= 4 is 22.3 Å². The number of fused-ring (bicyclic) bond motifs is 2. The van der Waals surface area contributed by atoms with E-state index in [0.717, 1.165) is 24.3 Å². The molecule has 2 aliphatic rings. The SMILES string of the molecule is N#CC(C#N)=C1C(c2ccc(C#N)c(C(F)(F)F)c2)=C(C#N)c2c(C#N)c3c(c(C#N)c21)C(C#N)C(c1ccc(C#N)c(C(F)(F)F)c1)C3=C(C#N)C#N. The van der Waals surface area contributed by atoms with Crippen molar-refractivity contribution in [2.24, 2.45) is 0 Å². The number of nitriles is 10. The molecule has 0 saturated heterocycles. The van der Waals surface area contributed by atoms with Crippen LogP contribution >= 0.6 is 0 Å². The highest BCUT2D eigenvalue weighted by atomic mass is 19.4. The smallest absolute Gasteiger partial charge is 0.198 e. The molecule has 2 aliphatic carbocycles. The van der Waals surface area contributed by atoms with Crippen molar-refractivity contribution in [3.8, 4) is 60.7 Å². The average Bonchev–Trinajstić information content (AvgIpc) is 3.67. The quantitative estimate of drug-likeness (QED) is 0.185. The van der Waals surface area contributed by atoms with Crippen molar-refractivity contribution in [1.82, 2.24) is 0 Å². The van der Waals surface area contributed by atoms with Crippen LogP contribution in [0.25, 0.3) is 22.3 Å². The van der Waals surface area contributed by atoms with Crippen molar-refractivity contribution in [2.45, 2.75) is 24.2 Å². The predicted molar refractivity (Wildman–Crippen MR) is 168 cm³/mol. The molecule has 5 rings (SSSR count). The van der Waals surface area contributed by atoms with Crippen LogP contribution in [0.5, 0.6) is 0 Å². The van der Waals surface area contributed by atoms with Crippen molar-refractivity contribution in [2.75, 3.05) is 0 Å². The van der Waals surface area contributed by atoms with E-state index in [4.69, 9.17) is 0 Å². The first-order chi connectivity index (χ1) is 25.7. The summed E-state index contributed by atoms with van der Waals surface area (Å²) in [6.45, 7) is 0. The van der Waals surface area contributed by atoms with Gasteiger partial charge in [0, 0.05) is 33.8 Å². The highest BCUT2D eigenvalue weighted by molar-refractivity contribution is 6.27. The standard InChI is InChI=1S/C38H8F6N10/c39-37(40,41)27-5-17(1-3-19(27)7-45)29-23(13-51)33-25(15-53)36-32(22(11-49)12-50)30(18-2-4-20(8-46)28(6-18)38(42,43)44)24(14-52)34(36)26(16-54)35(33)31(29)21(9-47)10-48/h1-6,23,29H. The molecule has 3 aromatic rings. The molecule has 0 bridgehead atoms.